The molecule has 2 N–H and O–H groups in total. The number of rotatable bonds is 5. The van der Waals surface area contributed by atoms with E-state index in [0.29, 0.717) is 18.7 Å². The van der Waals surface area contributed by atoms with Crippen molar-refractivity contribution < 1.29 is 9.53 Å². The number of benzene rings is 1. The summed E-state index contributed by atoms with van der Waals surface area (Å²) in [6.45, 7) is 4.11. The third kappa shape index (κ3) is 2.99. The highest BCUT2D eigenvalue weighted by Crippen LogP contribution is 2.23. The van der Waals surface area contributed by atoms with Crippen LogP contribution < -0.4 is 5.73 Å². The van der Waals surface area contributed by atoms with Gasteiger partial charge < -0.3 is 10.5 Å². The topological polar surface area (TPSA) is 70.1 Å². The number of anilines is 1. The minimum absolute atomic E-state index is 0.253. The van der Waals surface area contributed by atoms with Crippen LogP contribution in [0.1, 0.15) is 26.3 Å². The Morgan fingerprint density at radius 3 is 2.85 bits per heavy atom. The Labute approximate surface area is 118 Å². The smallest absolute Gasteiger partial charge is 0.330 e. The molecule has 0 radical (unpaired) electrons. The summed E-state index contributed by atoms with van der Waals surface area (Å²) in [5.41, 5.74) is 8.39. The van der Waals surface area contributed by atoms with Crippen molar-refractivity contribution in [2.75, 3.05) is 12.3 Å². The number of nitrogens with two attached hydrogens (primary N) is 1. The summed E-state index contributed by atoms with van der Waals surface area (Å²) < 4.78 is 6.71. The minimum Gasteiger partial charge on any atom is -0.464 e. The van der Waals surface area contributed by atoms with E-state index in [1.165, 1.54) is 0 Å². The summed E-state index contributed by atoms with van der Waals surface area (Å²) in [5, 5.41) is 4.27. The van der Waals surface area contributed by atoms with E-state index < -0.39 is 0 Å². The number of hydrogen-bond donors (Lipinski definition) is 1. The third-order valence-electron chi connectivity index (χ3n) is 3.09. The molecule has 5 heteroatoms. The Morgan fingerprint density at radius 2 is 2.20 bits per heavy atom. The van der Waals surface area contributed by atoms with E-state index in [0.717, 1.165) is 11.1 Å². The molecule has 0 saturated heterocycles. The maximum Gasteiger partial charge on any atom is 0.330 e. The number of nitrogen functional groups attached to an aromatic ring is 1. The van der Waals surface area contributed by atoms with Gasteiger partial charge in [-0.05, 0) is 31.0 Å². The molecule has 1 aromatic carbocycles. The molecule has 0 amide bonds. The normalized spacial score (nSPS) is 12.1. The van der Waals surface area contributed by atoms with Crippen molar-refractivity contribution in [3.63, 3.8) is 0 Å². The van der Waals surface area contributed by atoms with Crippen LogP contribution in [-0.4, -0.2) is 22.4 Å². The number of carbonyl (C=O) groups is 1. The van der Waals surface area contributed by atoms with Crippen LogP contribution in [0, 0.1) is 0 Å². The molecular formula is C15H19N3O2. The van der Waals surface area contributed by atoms with Crippen LogP contribution in [0.2, 0.25) is 0 Å². The van der Waals surface area contributed by atoms with Crippen LogP contribution in [0.15, 0.2) is 36.7 Å². The average Bonchev–Trinajstić information content (AvgIpc) is 2.89. The summed E-state index contributed by atoms with van der Waals surface area (Å²) in [6, 6.07) is 7.19. The molecule has 2 rings (SSSR count). The van der Waals surface area contributed by atoms with E-state index in [-0.39, 0.29) is 12.0 Å². The number of aromatic nitrogens is 2. The molecule has 1 unspecified atom stereocenters. The van der Waals surface area contributed by atoms with Crippen molar-refractivity contribution in [3.05, 3.63) is 36.7 Å². The van der Waals surface area contributed by atoms with Crippen molar-refractivity contribution in [1.29, 1.82) is 0 Å². The van der Waals surface area contributed by atoms with E-state index in [9.17, 15) is 4.79 Å². The van der Waals surface area contributed by atoms with Gasteiger partial charge in [0.25, 0.3) is 0 Å². The van der Waals surface area contributed by atoms with Gasteiger partial charge in [0.2, 0.25) is 0 Å². The maximum atomic E-state index is 11.9. The molecule has 0 aliphatic rings. The first kappa shape index (κ1) is 14.1. The summed E-state index contributed by atoms with van der Waals surface area (Å²) in [4.78, 5) is 11.9. The summed E-state index contributed by atoms with van der Waals surface area (Å²) >= 11 is 0. The van der Waals surface area contributed by atoms with Gasteiger partial charge in [-0.15, -0.1) is 0 Å². The van der Waals surface area contributed by atoms with Gasteiger partial charge in [0.05, 0.1) is 12.8 Å². The number of ether oxygens (including phenoxy) is 1. The van der Waals surface area contributed by atoms with E-state index in [4.69, 9.17) is 10.5 Å². The fraction of sp³-hybridized carbons (Fsp3) is 0.333. The standard InChI is InChI=1S/C15H19N3O2/c1-3-14(15(19)20-4-2)18-10-12(9-17-18)11-6-5-7-13(16)8-11/h5-10,14H,3-4,16H2,1-2H3. The van der Waals surface area contributed by atoms with Gasteiger partial charge in [0.1, 0.15) is 6.04 Å². The molecule has 0 saturated carbocycles. The minimum atomic E-state index is -0.384. The predicted molar refractivity (Wildman–Crippen MR) is 78.0 cm³/mol. The van der Waals surface area contributed by atoms with Crippen molar-refractivity contribution in [2.24, 2.45) is 0 Å². The lowest BCUT2D eigenvalue weighted by molar-refractivity contribution is -0.147. The zero-order valence-electron chi connectivity index (χ0n) is 11.7. The Hall–Kier alpha value is -2.30. The van der Waals surface area contributed by atoms with Gasteiger partial charge in [0.15, 0.2) is 0 Å². The summed E-state index contributed by atoms with van der Waals surface area (Å²) in [7, 11) is 0. The number of nitrogens with zero attached hydrogens (tertiary/aromatic N) is 2. The SMILES string of the molecule is CCOC(=O)C(CC)n1cc(-c2cccc(N)c2)cn1. The van der Waals surface area contributed by atoms with Crippen LogP contribution in [0.25, 0.3) is 11.1 Å². The van der Waals surface area contributed by atoms with E-state index >= 15 is 0 Å². The van der Waals surface area contributed by atoms with Crippen LogP contribution in [0.5, 0.6) is 0 Å². The van der Waals surface area contributed by atoms with Crippen LogP contribution >= 0.6 is 0 Å². The van der Waals surface area contributed by atoms with E-state index in [2.05, 4.69) is 5.10 Å². The molecule has 2 aromatic rings. The second-order valence-corrected chi connectivity index (χ2v) is 4.51. The molecule has 1 atom stereocenters. The molecule has 0 bridgehead atoms. The van der Waals surface area contributed by atoms with Crippen molar-refractivity contribution in [3.8, 4) is 11.1 Å². The molecule has 0 aliphatic carbocycles. The number of hydrogen-bond acceptors (Lipinski definition) is 4. The Morgan fingerprint density at radius 1 is 1.40 bits per heavy atom. The average molecular weight is 273 g/mol. The van der Waals surface area contributed by atoms with Crippen LogP contribution in [-0.2, 0) is 9.53 Å². The van der Waals surface area contributed by atoms with Crippen LogP contribution in [0.4, 0.5) is 5.69 Å². The van der Waals surface area contributed by atoms with E-state index in [1.54, 1.807) is 17.8 Å². The lowest BCUT2D eigenvalue weighted by atomic mass is 10.1. The fourth-order valence-corrected chi connectivity index (χ4v) is 2.08. The first-order valence-electron chi connectivity index (χ1n) is 6.72. The third-order valence-corrected chi connectivity index (χ3v) is 3.09. The highest BCUT2D eigenvalue weighted by Gasteiger charge is 2.20. The van der Waals surface area contributed by atoms with Crippen molar-refractivity contribution >= 4 is 11.7 Å². The molecule has 0 fully saturated rings. The number of esters is 1. The lowest BCUT2D eigenvalue weighted by Crippen LogP contribution is -2.21. The second kappa shape index (κ2) is 6.23. The first-order valence-corrected chi connectivity index (χ1v) is 6.72. The largest absolute Gasteiger partial charge is 0.464 e. The van der Waals surface area contributed by atoms with Gasteiger partial charge in [-0.1, -0.05) is 19.1 Å². The van der Waals surface area contributed by atoms with E-state index in [1.807, 2.05) is 37.4 Å². The fourth-order valence-electron chi connectivity index (χ4n) is 2.08. The Bertz CT molecular complexity index is 592. The zero-order chi connectivity index (χ0) is 14.5. The quantitative estimate of drug-likeness (QED) is 0.671. The molecule has 5 nitrogen and oxygen atoms in total. The van der Waals surface area contributed by atoms with Gasteiger partial charge in [-0.2, -0.15) is 5.10 Å². The summed E-state index contributed by atoms with van der Waals surface area (Å²) in [5.74, 6) is -0.253. The highest BCUT2D eigenvalue weighted by molar-refractivity contribution is 5.74. The Kier molecular flexibility index (Phi) is 4.40. The van der Waals surface area contributed by atoms with Gasteiger partial charge >= 0.3 is 5.97 Å². The lowest BCUT2D eigenvalue weighted by Gasteiger charge is -2.13. The monoisotopic (exact) mass is 273 g/mol. The van der Waals surface area contributed by atoms with Gasteiger partial charge in [0, 0.05) is 17.4 Å². The molecule has 1 heterocycles. The van der Waals surface area contributed by atoms with Crippen molar-refractivity contribution in [2.45, 2.75) is 26.3 Å². The van der Waals surface area contributed by atoms with Crippen molar-refractivity contribution in [1.82, 2.24) is 9.78 Å². The second-order valence-electron chi connectivity index (χ2n) is 4.51. The van der Waals surface area contributed by atoms with Gasteiger partial charge in [-0.3, -0.25) is 4.68 Å². The van der Waals surface area contributed by atoms with Gasteiger partial charge in [-0.25, -0.2) is 4.79 Å². The molecular weight excluding hydrogens is 254 g/mol. The maximum absolute atomic E-state index is 11.9. The molecule has 0 aliphatic heterocycles. The predicted octanol–water partition coefficient (Wildman–Crippen LogP) is 2.65. The Balaban J connectivity index is 2.25. The summed E-state index contributed by atoms with van der Waals surface area (Å²) in [6.07, 6.45) is 4.22. The highest BCUT2D eigenvalue weighted by atomic mass is 16.5. The zero-order valence-corrected chi connectivity index (χ0v) is 11.7. The molecule has 20 heavy (non-hydrogen) atoms. The molecule has 1 aromatic heterocycles. The first-order chi connectivity index (χ1) is 9.65. The number of carbonyl (C=O) groups excluding carboxylic acids is 1. The van der Waals surface area contributed by atoms with Crippen LogP contribution in [0.3, 0.4) is 0 Å². The molecule has 0 spiro atoms. The molecule has 106 valence electrons.